The number of rotatable bonds is 54. The smallest absolute Gasteiger partial charge is 0.306 e. The van der Waals surface area contributed by atoms with Crippen LogP contribution in [0, 0.1) is 0 Å². The average molecular weight is 966 g/mol. The molecule has 1 atom stereocenters. The van der Waals surface area contributed by atoms with E-state index < -0.39 is 6.10 Å². The van der Waals surface area contributed by atoms with Crippen molar-refractivity contribution in [1.82, 2.24) is 0 Å². The summed E-state index contributed by atoms with van der Waals surface area (Å²) in [7, 11) is 0. The molecule has 0 aromatic carbocycles. The number of hydrogen-bond acceptors (Lipinski definition) is 6. The molecule has 6 nitrogen and oxygen atoms in total. The van der Waals surface area contributed by atoms with Crippen LogP contribution in [0.15, 0.2) is 60.8 Å². The lowest BCUT2D eigenvalue weighted by atomic mass is 10.0. The molecule has 0 heterocycles. The van der Waals surface area contributed by atoms with E-state index in [2.05, 4.69) is 81.5 Å². The Morgan fingerprint density at radius 2 is 0.522 bits per heavy atom. The van der Waals surface area contributed by atoms with Gasteiger partial charge in [-0.25, -0.2) is 0 Å². The SMILES string of the molecule is CCCCC/C=C\C/C=C\C/C=C\C/C=C\CCCCCC(=O)O[C@H](COC(=O)CCCCCCCCCCC/C=C\CCCCCCCC)COC(=O)CCCCCCCCCCCCCCC. The normalized spacial score (nSPS) is 12.4. The van der Waals surface area contributed by atoms with Gasteiger partial charge in [0.15, 0.2) is 6.10 Å². The lowest BCUT2D eigenvalue weighted by Gasteiger charge is -2.18. The third-order valence-corrected chi connectivity index (χ3v) is 13.0. The molecule has 0 aromatic rings. The molecule has 0 unspecified atom stereocenters. The fraction of sp³-hybridized carbons (Fsp3) is 0.794. The number of allylic oxidation sites excluding steroid dienone is 10. The van der Waals surface area contributed by atoms with Gasteiger partial charge in [0.25, 0.3) is 0 Å². The summed E-state index contributed by atoms with van der Waals surface area (Å²) in [6, 6.07) is 0. The van der Waals surface area contributed by atoms with E-state index in [1.54, 1.807) is 0 Å². The van der Waals surface area contributed by atoms with Crippen LogP contribution in [-0.4, -0.2) is 37.2 Å². The predicted octanol–water partition coefficient (Wildman–Crippen LogP) is 20.0. The van der Waals surface area contributed by atoms with E-state index in [4.69, 9.17) is 14.2 Å². The molecule has 69 heavy (non-hydrogen) atoms. The van der Waals surface area contributed by atoms with Crippen molar-refractivity contribution in [2.75, 3.05) is 13.2 Å². The largest absolute Gasteiger partial charge is 0.462 e. The van der Waals surface area contributed by atoms with Crippen molar-refractivity contribution in [2.24, 2.45) is 0 Å². The van der Waals surface area contributed by atoms with Crippen molar-refractivity contribution in [1.29, 1.82) is 0 Å². The zero-order valence-corrected chi connectivity index (χ0v) is 45.8. The molecule has 0 saturated carbocycles. The molecule has 0 bridgehead atoms. The van der Waals surface area contributed by atoms with Crippen LogP contribution in [0.4, 0.5) is 0 Å². The number of carbonyl (C=O) groups excluding carboxylic acids is 3. The quantitative estimate of drug-likeness (QED) is 0.0262. The molecule has 0 amide bonds. The third kappa shape index (κ3) is 55.9. The summed E-state index contributed by atoms with van der Waals surface area (Å²) in [6.07, 6.45) is 72.1. The van der Waals surface area contributed by atoms with Crippen LogP contribution in [0.2, 0.25) is 0 Å². The highest BCUT2D eigenvalue weighted by molar-refractivity contribution is 5.71. The number of carbonyl (C=O) groups is 3. The number of ether oxygens (including phenoxy) is 3. The summed E-state index contributed by atoms with van der Waals surface area (Å²) < 4.78 is 16.9. The molecular formula is C63H112O6. The zero-order chi connectivity index (χ0) is 50.0. The maximum absolute atomic E-state index is 12.9. The van der Waals surface area contributed by atoms with E-state index >= 15 is 0 Å². The van der Waals surface area contributed by atoms with Gasteiger partial charge in [-0.05, 0) is 89.9 Å². The molecule has 6 heteroatoms. The first-order chi connectivity index (χ1) is 34.0. The van der Waals surface area contributed by atoms with Crippen LogP contribution in [-0.2, 0) is 28.6 Å². The highest BCUT2D eigenvalue weighted by Gasteiger charge is 2.19. The standard InChI is InChI=1S/C63H112O6/c1-4-7-10-13-16-19-22-25-27-29-31-33-35-38-41-44-47-50-53-56-62(65)68-59-60(58-67-61(64)55-52-49-46-43-40-37-24-21-18-15-12-9-6-3)69-63(66)57-54-51-48-45-42-39-36-34-32-30-28-26-23-20-17-14-11-8-5-2/h17,20,25-28,32,34,39,42,60H,4-16,18-19,21-24,29-31,33,35-38,40-41,43-59H2,1-3H3/b20-17-,27-25-,28-26-,34-32-,42-39-/t60-/m0/s1. The van der Waals surface area contributed by atoms with E-state index in [9.17, 15) is 14.4 Å². The van der Waals surface area contributed by atoms with Gasteiger partial charge in [0.05, 0.1) is 0 Å². The lowest BCUT2D eigenvalue weighted by Crippen LogP contribution is -2.30. The molecule has 0 radical (unpaired) electrons. The molecule has 0 aromatic heterocycles. The first-order valence-corrected chi connectivity index (χ1v) is 29.8. The maximum atomic E-state index is 12.9. The summed E-state index contributed by atoms with van der Waals surface area (Å²) in [4.78, 5) is 38.2. The summed E-state index contributed by atoms with van der Waals surface area (Å²) in [5.74, 6) is -0.905. The Bertz CT molecular complexity index is 1250. The van der Waals surface area contributed by atoms with Gasteiger partial charge in [-0.15, -0.1) is 0 Å². The van der Waals surface area contributed by atoms with Gasteiger partial charge in [-0.2, -0.15) is 0 Å². The molecule has 400 valence electrons. The Labute approximate surface area is 428 Å². The van der Waals surface area contributed by atoms with Crippen LogP contribution in [0.1, 0.15) is 303 Å². The second-order valence-corrected chi connectivity index (χ2v) is 19.9. The highest BCUT2D eigenvalue weighted by Crippen LogP contribution is 2.16. The Kier molecular flexibility index (Phi) is 55.3. The van der Waals surface area contributed by atoms with Crippen LogP contribution in [0.5, 0.6) is 0 Å². The van der Waals surface area contributed by atoms with Gasteiger partial charge in [0.1, 0.15) is 13.2 Å². The fourth-order valence-electron chi connectivity index (χ4n) is 8.48. The van der Waals surface area contributed by atoms with E-state index in [0.717, 1.165) is 83.5 Å². The van der Waals surface area contributed by atoms with Crippen molar-refractivity contribution in [2.45, 2.75) is 309 Å². The Hall–Kier alpha value is -2.89. The van der Waals surface area contributed by atoms with Crippen LogP contribution in [0.3, 0.4) is 0 Å². The molecule has 0 aliphatic rings. The van der Waals surface area contributed by atoms with Gasteiger partial charge in [0, 0.05) is 19.3 Å². The second kappa shape index (κ2) is 57.7. The van der Waals surface area contributed by atoms with Gasteiger partial charge >= 0.3 is 17.9 Å². The number of unbranched alkanes of at least 4 members (excludes halogenated alkanes) is 33. The molecule has 0 N–H and O–H groups in total. The van der Waals surface area contributed by atoms with Gasteiger partial charge in [-0.3, -0.25) is 14.4 Å². The van der Waals surface area contributed by atoms with Gasteiger partial charge in [0.2, 0.25) is 0 Å². The van der Waals surface area contributed by atoms with Crippen LogP contribution in [0.25, 0.3) is 0 Å². The summed E-state index contributed by atoms with van der Waals surface area (Å²) in [5, 5.41) is 0. The molecule has 0 spiro atoms. The summed E-state index contributed by atoms with van der Waals surface area (Å²) >= 11 is 0. The Morgan fingerprint density at radius 1 is 0.290 bits per heavy atom. The Morgan fingerprint density at radius 3 is 0.870 bits per heavy atom. The monoisotopic (exact) mass is 965 g/mol. The second-order valence-electron chi connectivity index (χ2n) is 19.9. The van der Waals surface area contributed by atoms with E-state index in [-0.39, 0.29) is 31.1 Å². The van der Waals surface area contributed by atoms with Crippen LogP contribution >= 0.6 is 0 Å². The zero-order valence-electron chi connectivity index (χ0n) is 45.8. The van der Waals surface area contributed by atoms with Gasteiger partial charge in [-0.1, -0.05) is 255 Å². The maximum Gasteiger partial charge on any atom is 0.306 e. The minimum Gasteiger partial charge on any atom is -0.462 e. The van der Waals surface area contributed by atoms with Crippen LogP contribution < -0.4 is 0 Å². The van der Waals surface area contributed by atoms with E-state index in [1.807, 2.05) is 0 Å². The summed E-state index contributed by atoms with van der Waals surface area (Å²) in [6.45, 7) is 6.61. The molecule has 0 fully saturated rings. The number of esters is 3. The van der Waals surface area contributed by atoms with Gasteiger partial charge < -0.3 is 14.2 Å². The topological polar surface area (TPSA) is 78.9 Å². The molecule has 0 aliphatic heterocycles. The molecule has 0 rings (SSSR count). The molecule has 0 saturated heterocycles. The van der Waals surface area contributed by atoms with Crippen molar-refractivity contribution in [3.63, 3.8) is 0 Å². The first kappa shape index (κ1) is 66.1. The first-order valence-electron chi connectivity index (χ1n) is 29.8. The highest BCUT2D eigenvalue weighted by atomic mass is 16.6. The number of hydrogen-bond donors (Lipinski definition) is 0. The van der Waals surface area contributed by atoms with Crippen molar-refractivity contribution < 1.29 is 28.6 Å². The fourth-order valence-corrected chi connectivity index (χ4v) is 8.48. The Balaban J connectivity index is 4.40. The van der Waals surface area contributed by atoms with E-state index in [0.29, 0.717) is 19.3 Å². The average Bonchev–Trinajstić information content (AvgIpc) is 3.35. The minimum absolute atomic E-state index is 0.0850. The van der Waals surface area contributed by atoms with Crippen molar-refractivity contribution >= 4 is 17.9 Å². The predicted molar refractivity (Wildman–Crippen MR) is 298 cm³/mol. The molecular weight excluding hydrogens is 853 g/mol. The summed E-state index contributed by atoms with van der Waals surface area (Å²) in [5.41, 5.74) is 0. The third-order valence-electron chi connectivity index (χ3n) is 13.0. The molecule has 0 aliphatic carbocycles. The van der Waals surface area contributed by atoms with Crippen molar-refractivity contribution in [3.05, 3.63) is 60.8 Å². The minimum atomic E-state index is -0.790. The van der Waals surface area contributed by atoms with E-state index in [1.165, 1.54) is 180 Å². The lowest BCUT2D eigenvalue weighted by molar-refractivity contribution is -0.167. The van der Waals surface area contributed by atoms with Crippen molar-refractivity contribution in [3.8, 4) is 0 Å².